The van der Waals surface area contributed by atoms with E-state index in [0.29, 0.717) is 28.9 Å². The Balaban J connectivity index is 1.71. The van der Waals surface area contributed by atoms with Crippen molar-refractivity contribution in [3.05, 3.63) is 83.2 Å². The molecule has 0 radical (unpaired) electrons. The van der Waals surface area contributed by atoms with Crippen LogP contribution < -0.4 is 15.2 Å². The van der Waals surface area contributed by atoms with E-state index in [9.17, 15) is 9.18 Å². The van der Waals surface area contributed by atoms with Crippen LogP contribution in [0.5, 0.6) is 11.5 Å². The van der Waals surface area contributed by atoms with Crippen molar-refractivity contribution in [1.82, 2.24) is 4.90 Å². The van der Waals surface area contributed by atoms with Crippen molar-refractivity contribution < 1.29 is 18.7 Å². The van der Waals surface area contributed by atoms with E-state index >= 15 is 0 Å². The van der Waals surface area contributed by atoms with E-state index in [1.807, 2.05) is 24.3 Å². The summed E-state index contributed by atoms with van der Waals surface area (Å²) in [5.41, 5.74) is 8.04. The third kappa shape index (κ3) is 2.85. The molecule has 0 bridgehead atoms. The molecule has 0 spiro atoms. The molecule has 162 valence electrons. The molecule has 2 heterocycles. The van der Waals surface area contributed by atoms with Gasteiger partial charge in [0.2, 0.25) is 0 Å². The Labute approximate surface area is 185 Å². The fourth-order valence-electron chi connectivity index (χ4n) is 4.40. The second-order valence-electron chi connectivity index (χ2n) is 7.87. The number of carbonyl (C=O) groups excluding carboxylic acids is 1. The summed E-state index contributed by atoms with van der Waals surface area (Å²) in [6.07, 6.45) is 0.761. The average molecular weight is 431 g/mol. The van der Waals surface area contributed by atoms with Crippen LogP contribution in [0.4, 0.5) is 4.39 Å². The smallest absolute Gasteiger partial charge is 0.266 e. The Morgan fingerprint density at radius 1 is 1.12 bits per heavy atom. The van der Waals surface area contributed by atoms with Crippen LogP contribution in [0.15, 0.2) is 65.7 Å². The number of fused-ring (bicyclic) bond motifs is 1. The van der Waals surface area contributed by atoms with Crippen LogP contribution in [0.2, 0.25) is 0 Å². The van der Waals surface area contributed by atoms with Gasteiger partial charge in [-0.25, -0.2) is 9.38 Å². The van der Waals surface area contributed by atoms with Gasteiger partial charge in [-0.3, -0.25) is 9.69 Å². The summed E-state index contributed by atoms with van der Waals surface area (Å²) in [4.78, 5) is 19.6. The number of methoxy groups -OCH3 is 1. The molecule has 2 aliphatic rings. The van der Waals surface area contributed by atoms with Crippen molar-refractivity contribution in [2.75, 3.05) is 20.8 Å². The van der Waals surface area contributed by atoms with E-state index in [0.717, 1.165) is 17.7 Å². The number of carbonyl (C=O) groups is 1. The highest BCUT2D eigenvalue weighted by Crippen LogP contribution is 2.43. The van der Waals surface area contributed by atoms with Crippen molar-refractivity contribution in [1.29, 1.82) is 0 Å². The Hall–Kier alpha value is -3.87. The summed E-state index contributed by atoms with van der Waals surface area (Å²) in [5, 5.41) is 0. The third-order valence-electron chi connectivity index (χ3n) is 6.12. The Morgan fingerprint density at radius 3 is 2.66 bits per heavy atom. The molecule has 1 atom stereocenters. The van der Waals surface area contributed by atoms with Crippen LogP contribution in [-0.4, -0.2) is 37.5 Å². The molecule has 5 rings (SSSR count). The number of nitrogens with zero attached hydrogens (tertiary/aromatic N) is 2. The van der Waals surface area contributed by atoms with Crippen LogP contribution in [0.25, 0.3) is 11.1 Å². The lowest BCUT2D eigenvalue weighted by Crippen LogP contribution is -2.41. The van der Waals surface area contributed by atoms with Crippen LogP contribution in [0, 0.1) is 5.82 Å². The molecule has 32 heavy (non-hydrogen) atoms. The van der Waals surface area contributed by atoms with Crippen molar-refractivity contribution >= 4 is 11.9 Å². The van der Waals surface area contributed by atoms with Gasteiger partial charge in [-0.1, -0.05) is 36.4 Å². The minimum Gasteiger partial charge on any atom is -0.494 e. The molecule has 3 aromatic carbocycles. The van der Waals surface area contributed by atoms with E-state index in [1.54, 1.807) is 43.4 Å². The summed E-state index contributed by atoms with van der Waals surface area (Å²) in [6.45, 7) is 0.607. The van der Waals surface area contributed by atoms with E-state index in [-0.39, 0.29) is 17.6 Å². The first-order valence-corrected chi connectivity index (χ1v) is 10.3. The number of hydrogen-bond acceptors (Lipinski definition) is 5. The SMILES string of the molecule is COc1cccc(-c2cccc(C3(c4ccc5c(c4)CCO5)N=C(N)N(C)C3=O)c2)c1F. The predicted octanol–water partition coefficient (Wildman–Crippen LogP) is 3.47. The zero-order valence-electron chi connectivity index (χ0n) is 17.8. The van der Waals surface area contributed by atoms with Gasteiger partial charge < -0.3 is 15.2 Å². The fraction of sp³-hybridized carbons (Fsp3) is 0.200. The van der Waals surface area contributed by atoms with Crippen molar-refractivity contribution in [2.45, 2.75) is 12.0 Å². The van der Waals surface area contributed by atoms with Crippen LogP contribution in [-0.2, 0) is 16.8 Å². The first-order valence-electron chi connectivity index (χ1n) is 10.3. The molecule has 1 unspecified atom stereocenters. The molecular weight excluding hydrogens is 409 g/mol. The monoisotopic (exact) mass is 431 g/mol. The number of benzene rings is 3. The molecule has 0 aromatic heterocycles. The average Bonchev–Trinajstić information content (AvgIpc) is 3.37. The number of hydrogen-bond donors (Lipinski definition) is 1. The van der Waals surface area contributed by atoms with Gasteiger partial charge >= 0.3 is 0 Å². The molecule has 6 nitrogen and oxygen atoms in total. The highest BCUT2D eigenvalue weighted by molar-refractivity contribution is 6.09. The van der Waals surface area contributed by atoms with E-state index in [1.165, 1.54) is 12.0 Å². The Kier molecular flexibility index (Phi) is 4.62. The summed E-state index contributed by atoms with van der Waals surface area (Å²) >= 11 is 0. The molecule has 7 heteroatoms. The van der Waals surface area contributed by atoms with Gasteiger partial charge in [0.25, 0.3) is 5.91 Å². The van der Waals surface area contributed by atoms with Gasteiger partial charge in [0, 0.05) is 19.0 Å². The van der Waals surface area contributed by atoms with Crippen LogP contribution >= 0.6 is 0 Å². The maximum atomic E-state index is 15.0. The van der Waals surface area contributed by atoms with Gasteiger partial charge in [0.15, 0.2) is 23.1 Å². The Bertz CT molecular complexity index is 1270. The molecule has 0 saturated heterocycles. The molecule has 0 aliphatic carbocycles. The Morgan fingerprint density at radius 2 is 1.91 bits per heavy atom. The van der Waals surface area contributed by atoms with Crippen LogP contribution in [0.3, 0.4) is 0 Å². The number of rotatable bonds is 4. The lowest BCUT2D eigenvalue weighted by Gasteiger charge is -2.27. The molecule has 2 N–H and O–H groups in total. The number of amides is 1. The zero-order chi connectivity index (χ0) is 22.5. The zero-order valence-corrected chi connectivity index (χ0v) is 17.8. The lowest BCUT2D eigenvalue weighted by molar-refractivity contribution is -0.129. The van der Waals surface area contributed by atoms with E-state index < -0.39 is 11.4 Å². The number of aliphatic imine (C=N–C) groups is 1. The van der Waals surface area contributed by atoms with Gasteiger partial charge in [-0.05, 0) is 46.5 Å². The van der Waals surface area contributed by atoms with E-state index in [2.05, 4.69) is 4.99 Å². The molecule has 1 amide bonds. The topological polar surface area (TPSA) is 77.2 Å². The lowest BCUT2D eigenvalue weighted by atomic mass is 9.81. The summed E-state index contributed by atoms with van der Waals surface area (Å²) < 4.78 is 25.7. The predicted molar refractivity (Wildman–Crippen MR) is 119 cm³/mol. The highest BCUT2D eigenvalue weighted by atomic mass is 19.1. The quantitative estimate of drug-likeness (QED) is 0.686. The summed E-state index contributed by atoms with van der Waals surface area (Å²) in [7, 11) is 3.03. The minimum absolute atomic E-state index is 0.129. The molecular formula is C25H22FN3O3. The van der Waals surface area contributed by atoms with Crippen molar-refractivity contribution in [3.8, 4) is 22.6 Å². The van der Waals surface area contributed by atoms with Crippen molar-refractivity contribution in [3.63, 3.8) is 0 Å². The summed E-state index contributed by atoms with van der Waals surface area (Å²) in [5.74, 6) is 0.364. The number of nitrogens with two attached hydrogens (primary N) is 1. The molecule has 0 saturated carbocycles. The number of likely N-dealkylation sites (N-methyl/N-ethyl adjacent to an activating group) is 1. The number of halogens is 1. The first kappa shape index (κ1) is 20.1. The third-order valence-corrected chi connectivity index (χ3v) is 6.12. The highest BCUT2D eigenvalue weighted by Gasteiger charge is 2.50. The largest absolute Gasteiger partial charge is 0.494 e. The fourth-order valence-corrected chi connectivity index (χ4v) is 4.40. The second-order valence-corrected chi connectivity index (χ2v) is 7.87. The number of ether oxygens (including phenoxy) is 2. The summed E-state index contributed by atoms with van der Waals surface area (Å²) in [6, 6.07) is 17.8. The molecule has 2 aliphatic heterocycles. The number of guanidine groups is 1. The van der Waals surface area contributed by atoms with Gasteiger partial charge in [-0.15, -0.1) is 0 Å². The maximum Gasteiger partial charge on any atom is 0.266 e. The maximum absolute atomic E-state index is 15.0. The van der Waals surface area contributed by atoms with E-state index in [4.69, 9.17) is 15.2 Å². The van der Waals surface area contributed by atoms with Crippen molar-refractivity contribution in [2.24, 2.45) is 10.7 Å². The molecule has 3 aromatic rings. The first-order chi connectivity index (χ1) is 15.5. The minimum atomic E-state index is -1.36. The van der Waals surface area contributed by atoms with Gasteiger partial charge in [-0.2, -0.15) is 0 Å². The second kappa shape index (κ2) is 7.37. The molecule has 0 fully saturated rings. The van der Waals surface area contributed by atoms with Gasteiger partial charge in [0.1, 0.15) is 5.75 Å². The van der Waals surface area contributed by atoms with Crippen LogP contribution in [0.1, 0.15) is 16.7 Å². The standard InChI is InChI=1S/C25H22FN3O3/c1-29-23(30)25(28-24(29)27,18-9-10-20-16(14-18)11-12-32-20)17-6-3-5-15(13-17)19-7-4-8-21(31-2)22(19)26/h3-10,13-14H,11-12H2,1-2H3,(H2,27,28). The van der Waals surface area contributed by atoms with Gasteiger partial charge in [0.05, 0.1) is 13.7 Å². The normalized spacial score (nSPS) is 19.5.